The molecule has 0 radical (unpaired) electrons. The lowest BCUT2D eigenvalue weighted by atomic mass is 10.1. The normalized spacial score (nSPS) is 10.2. The molecule has 6 heteroatoms. The lowest BCUT2D eigenvalue weighted by Gasteiger charge is -2.10. The summed E-state index contributed by atoms with van der Waals surface area (Å²) in [6.07, 6.45) is 0.211. The lowest BCUT2D eigenvalue weighted by molar-refractivity contribution is -0.115. The highest BCUT2D eigenvalue weighted by molar-refractivity contribution is 6.33. The minimum absolute atomic E-state index is 0.193. The van der Waals surface area contributed by atoms with Gasteiger partial charge in [0.05, 0.1) is 30.7 Å². The predicted molar refractivity (Wildman–Crippen MR) is 97.5 cm³/mol. The Morgan fingerprint density at radius 1 is 1.16 bits per heavy atom. The van der Waals surface area contributed by atoms with Crippen molar-refractivity contribution in [3.05, 3.63) is 58.1 Å². The maximum absolute atomic E-state index is 12.2. The van der Waals surface area contributed by atoms with Crippen LogP contribution in [0.2, 0.25) is 5.02 Å². The van der Waals surface area contributed by atoms with E-state index in [-0.39, 0.29) is 29.5 Å². The van der Waals surface area contributed by atoms with Crippen LogP contribution in [0.3, 0.4) is 0 Å². The van der Waals surface area contributed by atoms with Crippen molar-refractivity contribution >= 4 is 29.2 Å². The predicted octanol–water partition coefficient (Wildman–Crippen LogP) is 4.01. The maximum atomic E-state index is 12.2. The summed E-state index contributed by atoms with van der Waals surface area (Å²) in [5.74, 6) is 0.0667. The van der Waals surface area contributed by atoms with Crippen LogP contribution >= 0.6 is 11.6 Å². The third-order valence-electron chi connectivity index (χ3n) is 3.57. The minimum Gasteiger partial charge on any atom is -0.496 e. The summed E-state index contributed by atoms with van der Waals surface area (Å²) >= 11 is 6.01. The Hall–Kier alpha value is -2.53. The second kappa shape index (κ2) is 8.53. The molecule has 0 atom stereocenters. The van der Waals surface area contributed by atoms with E-state index in [4.69, 9.17) is 21.1 Å². The molecular formula is C19H20ClNO4. The van der Waals surface area contributed by atoms with E-state index in [1.165, 1.54) is 6.07 Å². The molecular weight excluding hydrogens is 342 g/mol. The molecule has 0 spiro atoms. The van der Waals surface area contributed by atoms with Crippen molar-refractivity contribution in [1.29, 1.82) is 0 Å². The number of anilines is 1. The Balaban J connectivity index is 2.09. The Labute approximate surface area is 151 Å². The van der Waals surface area contributed by atoms with Gasteiger partial charge in [-0.15, -0.1) is 0 Å². The Morgan fingerprint density at radius 2 is 1.92 bits per heavy atom. The van der Waals surface area contributed by atoms with E-state index in [2.05, 4.69) is 5.32 Å². The molecule has 0 bridgehead atoms. The number of amides is 1. The zero-order valence-electron chi connectivity index (χ0n) is 14.4. The Bertz CT molecular complexity index is 789. The molecule has 0 unspecified atom stereocenters. The van der Waals surface area contributed by atoms with Crippen molar-refractivity contribution in [3.63, 3.8) is 0 Å². The first-order chi connectivity index (χ1) is 11.9. The number of esters is 1. The van der Waals surface area contributed by atoms with Gasteiger partial charge in [0.15, 0.2) is 0 Å². The number of nitrogens with one attached hydrogen (secondary N) is 1. The highest BCUT2D eigenvalue weighted by atomic mass is 35.5. The van der Waals surface area contributed by atoms with Gasteiger partial charge in [0, 0.05) is 5.69 Å². The van der Waals surface area contributed by atoms with Crippen molar-refractivity contribution in [2.45, 2.75) is 20.3 Å². The summed E-state index contributed by atoms with van der Waals surface area (Å²) < 4.78 is 10.2. The van der Waals surface area contributed by atoms with Gasteiger partial charge in [-0.05, 0) is 49.2 Å². The van der Waals surface area contributed by atoms with E-state index >= 15 is 0 Å². The molecule has 0 aliphatic rings. The molecule has 2 aromatic carbocycles. The van der Waals surface area contributed by atoms with Crippen LogP contribution < -0.4 is 10.1 Å². The van der Waals surface area contributed by atoms with Crippen LogP contribution in [0.15, 0.2) is 36.4 Å². The molecule has 0 fully saturated rings. The van der Waals surface area contributed by atoms with Gasteiger partial charge in [-0.2, -0.15) is 0 Å². The van der Waals surface area contributed by atoms with Crippen molar-refractivity contribution in [2.24, 2.45) is 0 Å². The zero-order valence-corrected chi connectivity index (χ0v) is 15.1. The summed E-state index contributed by atoms with van der Waals surface area (Å²) in [6.45, 7) is 3.89. The van der Waals surface area contributed by atoms with Gasteiger partial charge in [0.1, 0.15) is 5.75 Å². The first kappa shape index (κ1) is 18.8. The molecule has 25 heavy (non-hydrogen) atoms. The maximum Gasteiger partial charge on any atom is 0.339 e. The summed E-state index contributed by atoms with van der Waals surface area (Å²) in [4.78, 5) is 24.1. The number of halogens is 1. The standard InChI is InChI=1S/C19H20ClNO4/c1-4-25-19(23)15-11-14(6-7-16(15)20)21-18(22)10-13-5-8-17(24-3)12(2)9-13/h5-9,11H,4,10H2,1-3H3,(H,21,22). The van der Waals surface area contributed by atoms with E-state index in [1.54, 1.807) is 26.2 Å². The number of methoxy groups -OCH3 is 1. The van der Waals surface area contributed by atoms with Gasteiger partial charge < -0.3 is 14.8 Å². The van der Waals surface area contributed by atoms with Gasteiger partial charge in [-0.25, -0.2) is 4.79 Å². The van der Waals surface area contributed by atoms with Crippen LogP contribution in [0, 0.1) is 6.92 Å². The van der Waals surface area contributed by atoms with Crippen LogP contribution in [-0.2, 0) is 16.0 Å². The number of aryl methyl sites for hydroxylation is 1. The Kier molecular flexibility index (Phi) is 6.42. The molecule has 0 saturated heterocycles. The highest BCUT2D eigenvalue weighted by Crippen LogP contribution is 2.22. The van der Waals surface area contributed by atoms with Gasteiger partial charge in [-0.3, -0.25) is 4.79 Å². The van der Waals surface area contributed by atoms with Gasteiger partial charge in [0.25, 0.3) is 0 Å². The Morgan fingerprint density at radius 3 is 2.56 bits per heavy atom. The third-order valence-corrected chi connectivity index (χ3v) is 3.90. The van der Waals surface area contributed by atoms with E-state index in [0.29, 0.717) is 5.69 Å². The monoisotopic (exact) mass is 361 g/mol. The third kappa shape index (κ3) is 4.97. The fourth-order valence-corrected chi connectivity index (χ4v) is 2.60. The number of carbonyl (C=O) groups is 2. The van der Waals surface area contributed by atoms with E-state index < -0.39 is 5.97 Å². The lowest BCUT2D eigenvalue weighted by Crippen LogP contribution is -2.15. The van der Waals surface area contributed by atoms with Crippen molar-refractivity contribution < 1.29 is 19.1 Å². The first-order valence-electron chi connectivity index (χ1n) is 7.84. The number of carbonyl (C=O) groups excluding carboxylic acids is 2. The average Bonchev–Trinajstić information content (AvgIpc) is 2.57. The van der Waals surface area contributed by atoms with E-state index in [0.717, 1.165) is 16.9 Å². The van der Waals surface area contributed by atoms with Crippen LogP contribution in [-0.4, -0.2) is 25.6 Å². The van der Waals surface area contributed by atoms with Gasteiger partial charge in [-0.1, -0.05) is 23.7 Å². The summed E-state index contributed by atoms with van der Waals surface area (Å²) in [6, 6.07) is 10.3. The fraction of sp³-hybridized carbons (Fsp3) is 0.263. The van der Waals surface area contributed by atoms with E-state index in [9.17, 15) is 9.59 Å². The zero-order chi connectivity index (χ0) is 18.4. The topological polar surface area (TPSA) is 64.6 Å². The summed E-state index contributed by atoms with van der Waals surface area (Å²) in [7, 11) is 1.61. The smallest absolute Gasteiger partial charge is 0.339 e. The number of hydrogen-bond acceptors (Lipinski definition) is 4. The molecule has 2 aromatic rings. The largest absolute Gasteiger partial charge is 0.496 e. The quantitative estimate of drug-likeness (QED) is 0.789. The number of benzene rings is 2. The second-order valence-corrected chi connectivity index (χ2v) is 5.85. The molecule has 0 aliphatic heterocycles. The molecule has 0 saturated carbocycles. The van der Waals surface area contributed by atoms with E-state index in [1.807, 2.05) is 25.1 Å². The van der Waals surface area contributed by atoms with Crippen LogP contribution in [0.1, 0.15) is 28.4 Å². The number of ether oxygens (including phenoxy) is 2. The molecule has 0 heterocycles. The van der Waals surface area contributed by atoms with Crippen LogP contribution in [0.25, 0.3) is 0 Å². The molecule has 5 nitrogen and oxygen atoms in total. The van der Waals surface area contributed by atoms with Crippen molar-refractivity contribution in [2.75, 3.05) is 19.0 Å². The highest BCUT2D eigenvalue weighted by Gasteiger charge is 2.13. The molecule has 2 rings (SSSR count). The minimum atomic E-state index is -0.519. The van der Waals surface area contributed by atoms with Crippen molar-refractivity contribution in [1.82, 2.24) is 0 Å². The molecule has 1 amide bonds. The number of rotatable bonds is 6. The van der Waals surface area contributed by atoms with Crippen molar-refractivity contribution in [3.8, 4) is 5.75 Å². The van der Waals surface area contributed by atoms with Gasteiger partial charge >= 0.3 is 5.97 Å². The average molecular weight is 362 g/mol. The molecule has 132 valence electrons. The SMILES string of the molecule is CCOC(=O)c1cc(NC(=O)Cc2ccc(OC)c(C)c2)ccc1Cl. The number of hydrogen-bond donors (Lipinski definition) is 1. The molecule has 1 N–H and O–H groups in total. The first-order valence-corrected chi connectivity index (χ1v) is 8.22. The van der Waals surface area contributed by atoms with Crippen LogP contribution in [0.5, 0.6) is 5.75 Å². The van der Waals surface area contributed by atoms with Gasteiger partial charge in [0.2, 0.25) is 5.91 Å². The second-order valence-electron chi connectivity index (χ2n) is 5.44. The molecule has 0 aliphatic carbocycles. The van der Waals surface area contributed by atoms with Crippen LogP contribution in [0.4, 0.5) is 5.69 Å². The summed E-state index contributed by atoms with van der Waals surface area (Å²) in [5, 5.41) is 3.05. The summed E-state index contributed by atoms with van der Waals surface area (Å²) in [5.41, 5.74) is 2.54. The molecule has 0 aromatic heterocycles. The fourth-order valence-electron chi connectivity index (χ4n) is 2.41.